The summed E-state index contributed by atoms with van der Waals surface area (Å²) < 4.78 is 4.27. The maximum Gasteiger partial charge on any atom is 0.0951 e. The minimum Gasteiger partial charge on any atom is -0.328 e. The van der Waals surface area contributed by atoms with Crippen LogP contribution in [0.5, 0.6) is 0 Å². The van der Waals surface area contributed by atoms with Crippen molar-refractivity contribution in [2.24, 2.45) is 0 Å². The molecule has 0 aromatic carbocycles. The number of nitrogens with zero attached hydrogens (tertiary/aromatic N) is 4. The minimum absolute atomic E-state index is 0.353. The van der Waals surface area contributed by atoms with Gasteiger partial charge in [0.1, 0.15) is 0 Å². The van der Waals surface area contributed by atoms with Crippen LogP contribution in [-0.4, -0.2) is 25.4 Å². The van der Waals surface area contributed by atoms with Crippen molar-refractivity contribution in [3.63, 3.8) is 0 Å². The van der Waals surface area contributed by atoms with Crippen LogP contribution in [0.4, 0.5) is 0 Å². The van der Waals surface area contributed by atoms with Gasteiger partial charge in [0, 0.05) is 30.7 Å². The minimum atomic E-state index is 0.353. The Hall–Kier alpha value is -1.62. The Balaban J connectivity index is 1.75. The number of aromatic nitrogens is 4. The van der Waals surface area contributed by atoms with Gasteiger partial charge in [-0.15, -0.1) is 0 Å². The van der Waals surface area contributed by atoms with Crippen molar-refractivity contribution < 1.29 is 0 Å². The maximum absolute atomic E-state index is 4.37. The summed E-state index contributed by atoms with van der Waals surface area (Å²) in [4.78, 5) is 4.37. The average molecular weight is 273 g/mol. The molecular formula is C15H23N5. The van der Waals surface area contributed by atoms with Crippen molar-refractivity contribution >= 4 is 0 Å². The van der Waals surface area contributed by atoms with Gasteiger partial charge in [-0.05, 0) is 39.2 Å². The summed E-state index contributed by atoms with van der Waals surface area (Å²) in [7, 11) is 0. The predicted octanol–water partition coefficient (Wildman–Crippen LogP) is 2.54. The molecule has 20 heavy (non-hydrogen) atoms. The highest BCUT2D eigenvalue weighted by Crippen LogP contribution is 2.27. The summed E-state index contributed by atoms with van der Waals surface area (Å²) in [5.41, 5.74) is 1.30. The largest absolute Gasteiger partial charge is 0.328 e. The summed E-state index contributed by atoms with van der Waals surface area (Å²) in [5, 5.41) is 7.98. The van der Waals surface area contributed by atoms with Gasteiger partial charge in [-0.3, -0.25) is 4.68 Å². The quantitative estimate of drug-likeness (QED) is 0.931. The Morgan fingerprint density at radius 2 is 2.35 bits per heavy atom. The lowest BCUT2D eigenvalue weighted by molar-refractivity contribution is 0.318. The Morgan fingerprint density at radius 3 is 3.10 bits per heavy atom. The van der Waals surface area contributed by atoms with Gasteiger partial charge in [-0.25, -0.2) is 4.98 Å². The van der Waals surface area contributed by atoms with Gasteiger partial charge < -0.3 is 9.88 Å². The third-order valence-electron chi connectivity index (χ3n) is 4.15. The van der Waals surface area contributed by atoms with Gasteiger partial charge in [0.05, 0.1) is 24.6 Å². The highest BCUT2D eigenvalue weighted by atomic mass is 15.3. The molecule has 1 aliphatic heterocycles. The van der Waals surface area contributed by atoms with Crippen molar-refractivity contribution in [1.82, 2.24) is 24.6 Å². The van der Waals surface area contributed by atoms with Crippen molar-refractivity contribution in [3.05, 3.63) is 36.7 Å². The predicted molar refractivity (Wildman–Crippen MR) is 78.4 cm³/mol. The standard InChI is InChI=1S/C15H23N5/c1-12-5-3-6-14(18-12)15-9-16-11-20(15)13(2)10-19-8-4-7-17-19/h4,7-9,11-14,18H,3,5-6,10H2,1-2H3. The SMILES string of the molecule is CC1CCCC(c2cncn2C(C)Cn2cccn2)N1. The second-order valence-electron chi connectivity index (χ2n) is 5.85. The van der Waals surface area contributed by atoms with E-state index in [0.717, 1.165) is 6.54 Å². The second kappa shape index (κ2) is 5.79. The normalized spacial score (nSPS) is 24.7. The Bertz CT molecular complexity index is 530. The monoisotopic (exact) mass is 273 g/mol. The van der Waals surface area contributed by atoms with Crippen LogP contribution >= 0.6 is 0 Å². The molecular weight excluding hydrogens is 250 g/mol. The van der Waals surface area contributed by atoms with E-state index in [1.54, 1.807) is 0 Å². The highest BCUT2D eigenvalue weighted by Gasteiger charge is 2.23. The summed E-state index contributed by atoms with van der Waals surface area (Å²) in [6.07, 6.45) is 11.6. The molecule has 5 nitrogen and oxygen atoms in total. The first-order valence-electron chi connectivity index (χ1n) is 7.49. The van der Waals surface area contributed by atoms with Crippen LogP contribution in [0.15, 0.2) is 31.0 Å². The van der Waals surface area contributed by atoms with Gasteiger partial charge in [0.2, 0.25) is 0 Å². The van der Waals surface area contributed by atoms with Gasteiger partial charge in [-0.2, -0.15) is 5.10 Å². The molecule has 3 rings (SSSR count). The topological polar surface area (TPSA) is 47.7 Å². The molecule has 0 radical (unpaired) electrons. The molecule has 1 fully saturated rings. The van der Waals surface area contributed by atoms with Gasteiger partial charge in [0.15, 0.2) is 0 Å². The van der Waals surface area contributed by atoms with E-state index >= 15 is 0 Å². The van der Waals surface area contributed by atoms with Crippen LogP contribution in [-0.2, 0) is 6.54 Å². The van der Waals surface area contributed by atoms with Gasteiger partial charge in [-0.1, -0.05) is 0 Å². The van der Waals surface area contributed by atoms with Gasteiger partial charge in [0.25, 0.3) is 0 Å². The zero-order valence-electron chi connectivity index (χ0n) is 12.2. The smallest absolute Gasteiger partial charge is 0.0951 e. The molecule has 3 unspecified atom stereocenters. The van der Waals surface area contributed by atoms with Crippen LogP contribution < -0.4 is 5.32 Å². The van der Waals surface area contributed by atoms with E-state index < -0.39 is 0 Å². The van der Waals surface area contributed by atoms with Crippen molar-refractivity contribution in [2.75, 3.05) is 0 Å². The Morgan fingerprint density at radius 1 is 1.45 bits per heavy atom. The van der Waals surface area contributed by atoms with E-state index in [1.807, 2.05) is 35.7 Å². The third-order valence-corrected chi connectivity index (χ3v) is 4.15. The van der Waals surface area contributed by atoms with Crippen molar-refractivity contribution in [2.45, 2.75) is 57.8 Å². The molecule has 0 bridgehead atoms. The number of rotatable bonds is 4. The van der Waals surface area contributed by atoms with Crippen LogP contribution in [0, 0.1) is 0 Å². The summed E-state index contributed by atoms with van der Waals surface area (Å²) in [6, 6.07) is 3.35. The molecule has 0 aliphatic carbocycles. The molecule has 1 aliphatic rings. The molecule has 3 heterocycles. The van der Waals surface area contributed by atoms with Crippen molar-refractivity contribution in [1.29, 1.82) is 0 Å². The molecule has 0 saturated carbocycles. The number of imidazole rings is 1. The summed E-state index contributed by atoms with van der Waals surface area (Å²) in [6.45, 7) is 5.36. The highest BCUT2D eigenvalue weighted by molar-refractivity contribution is 5.08. The fourth-order valence-electron chi connectivity index (χ4n) is 3.09. The first-order chi connectivity index (χ1) is 9.74. The molecule has 108 valence electrons. The molecule has 5 heteroatoms. The number of nitrogens with one attached hydrogen (secondary N) is 1. The fourth-order valence-corrected chi connectivity index (χ4v) is 3.09. The van der Waals surface area contributed by atoms with Crippen LogP contribution in [0.1, 0.15) is 50.9 Å². The number of hydrogen-bond acceptors (Lipinski definition) is 3. The summed E-state index contributed by atoms with van der Waals surface area (Å²) in [5.74, 6) is 0. The first-order valence-corrected chi connectivity index (χ1v) is 7.49. The van der Waals surface area contributed by atoms with Crippen LogP contribution in [0.3, 0.4) is 0 Å². The van der Waals surface area contributed by atoms with E-state index in [1.165, 1.54) is 25.0 Å². The molecule has 2 aromatic rings. The molecule has 1 N–H and O–H groups in total. The second-order valence-corrected chi connectivity index (χ2v) is 5.85. The summed E-state index contributed by atoms with van der Waals surface area (Å²) >= 11 is 0. The van der Waals surface area contributed by atoms with Crippen molar-refractivity contribution in [3.8, 4) is 0 Å². The van der Waals surface area contributed by atoms with E-state index in [2.05, 4.69) is 33.8 Å². The molecule has 2 aromatic heterocycles. The average Bonchev–Trinajstić information content (AvgIpc) is 3.09. The number of hydrogen-bond donors (Lipinski definition) is 1. The lowest BCUT2D eigenvalue weighted by Crippen LogP contribution is -2.36. The Kier molecular flexibility index (Phi) is 3.87. The Labute approximate surface area is 120 Å². The van der Waals surface area contributed by atoms with E-state index in [9.17, 15) is 0 Å². The third kappa shape index (κ3) is 2.77. The maximum atomic E-state index is 4.37. The first kappa shape index (κ1) is 13.4. The lowest BCUT2D eigenvalue weighted by Gasteiger charge is -2.30. The molecule has 1 saturated heterocycles. The molecule has 0 amide bonds. The van der Waals surface area contributed by atoms with Gasteiger partial charge >= 0.3 is 0 Å². The van der Waals surface area contributed by atoms with Crippen LogP contribution in [0.2, 0.25) is 0 Å². The van der Waals surface area contributed by atoms with E-state index in [-0.39, 0.29) is 0 Å². The van der Waals surface area contributed by atoms with E-state index in [4.69, 9.17) is 0 Å². The zero-order chi connectivity index (χ0) is 13.9. The molecule has 3 atom stereocenters. The zero-order valence-corrected chi connectivity index (χ0v) is 12.2. The van der Waals surface area contributed by atoms with Crippen LogP contribution in [0.25, 0.3) is 0 Å². The fraction of sp³-hybridized carbons (Fsp3) is 0.600. The number of piperidine rings is 1. The lowest BCUT2D eigenvalue weighted by atomic mass is 9.97. The van der Waals surface area contributed by atoms with E-state index in [0.29, 0.717) is 18.1 Å². The molecule has 0 spiro atoms.